The zero-order chi connectivity index (χ0) is 21.1. The summed E-state index contributed by atoms with van der Waals surface area (Å²) < 4.78 is 12.4. The number of fused-ring (bicyclic) bond motifs is 2. The Labute approximate surface area is 181 Å². The van der Waals surface area contributed by atoms with E-state index < -0.39 is 0 Å². The molecule has 0 saturated carbocycles. The Balaban J connectivity index is 1.69. The average Bonchev–Trinajstić information content (AvgIpc) is 3.17. The molecule has 30 heavy (non-hydrogen) atoms. The quantitative estimate of drug-likeness (QED) is 0.563. The number of aromatic nitrogens is 1. The van der Waals surface area contributed by atoms with Crippen LogP contribution in [0.2, 0.25) is 0 Å². The number of anilines is 1. The van der Waals surface area contributed by atoms with Gasteiger partial charge in [0.25, 0.3) is 5.91 Å². The molecule has 0 N–H and O–H groups in total. The van der Waals surface area contributed by atoms with Gasteiger partial charge >= 0.3 is 0 Å². The molecule has 3 aromatic rings. The fraction of sp³-hybridized carbons (Fsp3) is 0.391. The van der Waals surface area contributed by atoms with E-state index in [0.29, 0.717) is 36.2 Å². The maximum absolute atomic E-state index is 13.4. The number of ether oxygens (including phenoxy) is 2. The lowest BCUT2D eigenvalue weighted by atomic mass is 10.1. The molecule has 0 unspecified atom stereocenters. The standard InChI is InChI=1S/C23H27N3O3S/c1-4-25(5-2)9-10-26(22(27)17-8-6-7-16(3)13-17)23-24-18-14-19-20(15-21(18)30-23)29-12-11-28-19/h6-8,13-15H,4-5,9-12H2,1-3H3. The molecule has 0 spiro atoms. The molecule has 0 bridgehead atoms. The molecule has 0 aliphatic carbocycles. The van der Waals surface area contributed by atoms with Crippen LogP contribution >= 0.6 is 11.3 Å². The maximum atomic E-state index is 13.4. The molecule has 1 amide bonds. The van der Waals surface area contributed by atoms with E-state index in [0.717, 1.165) is 41.2 Å². The molecule has 0 saturated heterocycles. The number of thiazole rings is 1. The van der Waals surface area contributed by atoms with E-state index in [4.69, 9.17) is 14.5 Å². The van der Waals surface area contributed by atoms with Crippen LogP contribution in [-0.4, -0.2) is 55.2 Å². The average molecular weight is 426 g/mol. The number of amides is 1. The molecule has 6 nitrogen and oxygen atoms in total. The molecular formula is C23H27N3O3S. The molecule has 0 radical (unpaired) electrons. The number of aryl methyl sites for hydroxylation is 1. The molecule has 0 atom stereocenters. The highest BCUT2D eigenvalue weighted by atomic mass is 32.1. The summed E-state index contributed by atoms with van der Waals surface area (Å²) in [6.45, 7) is 10.6. The first-order valence-corrected chi connectivity index (χ1v) is 11.2. The summed E-state index contributed by atoms with van der Waals surface area (Å²) in [5.41, 5.74) is 2.57. The van der Waals surface area contributed by atoms with E-state index in [9.17, 15) is 4.79 Å². The van der Waals surface area contributed by atoms with Gasteiger partial charge in [0.05, 0.1) is 10.2 Å². The Hall–Kier alpha value is -2.64. The van der Waals surface area contributed by atoms with E-state index in [2.05, 4.69) is 18.7 Å². The van der Waals surface area contributed by atoms with Crippen molar-refractivity contribution in [3.05, 3.63) is 47.5 Å². The molecule has 1 aromatic heterocycles. The number of carbonyl (C=O) groups excluding carboxylic acids is 1. The Morgan fingerprint density at radius 3 is 2.50 bits per heavy atom. The Morgan fingerprint density at radius 2 is 1.80 bits per heavy atom. The summed E-state index contributed by atoms with van der Waals surface area (Å²) in [6, 6.07) is 11.6. The summed E-state index contributed by atoms with van der Waals surface area (Å²) >= 11 is 1.51. The third-order valence-corrected chi connectivity index (χ3v) is 6.36. The van der Waals surface area contributed by atoms with Crippen molar-refractivity contribution in [3.8, 4) is 11.5 Å². The number of hydrogen-bond acceptors (Lipinski definition) is 6. The number of nitrogens with zero attached hydrogens (tertiary/aromatic N) is 3. The highest BCUT2D eigenvalue weighted by molar-refractivity contribution is 7.22. The van der Waals surface area contributed by atoms with Crippen molar-refractivity contribution in [3.63, 3.8) is 0 Å². The van der Waals surface area contributed by atoms with Crippen molar-refractivity contribution in [1.29, 1.82) is 0 Å². The van der Waals surface area contributed by atoms with Gasteiger partial charge in [-0.1, -0.05) is 42.9 Å². The van der Waals surface area contributed by atoms with E-state index in [1.54, 1.807) is 4.90 Å². The fourth-order valence-corrected chi connectivity index (χ4v) is 4.57. The van der Waals surface area contributed by atoms with Crippen LogP contribution in [0.3, 0.4) is 0 Å². The third-order valence-electron chi connectivity index (χ3n) is 5.32. The van der Waals surface area contributed by atoms with Gasteiger partial charge in [-0.3, -0.25) is 9.69 Å². The SMILES string of the molecule is CCN(CC)CCN(C(=O)c1cccc(C)c1)c1nc2cc3c(cc2s1)OCCO3. The van der Waals surface area contributed by atoms with Crippen molar-refractivity contribution in [2.24, 2.45) is 0 Å². The first kappa shape index (κ1) is 20.6. The molecule has 1 aliphatic rings. The van der Waals surface area contributed by atoms with Gasteiger partial charge in [0.15, 0.2) is 16.6 Å². The predicted molar refractivity (Wildman–Crippen MR) is 121 cm³/mol. The van der Waals surface area contributed by atoms with Crippen LogP contribution in [0, 0.1) is 6.92 Å². The number of carbonyl (C=O) groups is 1. The van der Waals surface area contributed by atoms with Gasteiger partial charge < -0.3 is 14.4 Å². The number of benzene rings is 2. The third kappa shape index (κ3) is 4.27. The Morgan fingerprint density at radius 1 is 1.07 bits per heavy atom. The smallest absolute Gasteiger partial charge is 0.260 e. The topological polar surface area (TPSA) is 54.9 Å². The normalized spacial score (nSPS) is 13.1. The second-order valence-corrected chi connectivity index (χ2v) is 8.32. The van der Waals surface area contributed by atoms with Crippen molar-refractivity contribution >= 4 is 32.6 Å². The van der Waals surface area contributed by atoms with Crippen LogP contribution in [-0.2, 0) is 0 Å². The summed E-state index contributed by atoms with van der Waals surface area (Å²) in [5, 5.41) is 0.700. The van der Waals surface area contributed by atoms with Crippen LogP contribution in [0.15, 0.2) is 36.4 Å². The summed E-state index contributed by atoms with van der Waals surface area (Å²) in [4.78, 5) is 22.3. The first-order chi connectivity index (χ1) is 14.6. The summed E-state index contributed by atoms with van der Waals surface area (Å²) in [6.07, 6.45) is 0. The number of hydrogen-bond donors (Lipinski definition) is 0. The fourth-order valence-electron chi connectivity index (χ4n) is 3.57. The first-order valence-electron chi connectivity index (χ1n) is 10.4. The van der Waals surface area contributed by atoms with Gasteiger partial charge in [0.2, 0.25) is 0 Å². The molecule has 2 heterocycles. The zero-order valence-electron chi connectivity index (χ0n) is 17.7. The molecule has 7 heteroatoms. The van der Waals surface area contributed by atoms with E-state index in [-0.39, 0.29) is 5.91 Å². The van der Waals surface area contributed by atoms with Gasteiger partial charge in [0.1, 0.15) is 13.2 Å². The van der Waals surface area contributed by atoms with Gasteiger partial charge in [-0.05, 0) is 32.1 Å². The van der Waals surface area contributed by atoms with Crippen LogP contribution in [0.1, 0.15) is 29.8 Å². The minimum atomic E-state index is -0.0258. The van der Waals surface area contributed by atoms with Gasteiger partial charge in [-0.2, -0.15) is 0 Å². The van der Waals surface area contributed by atoms with Crippen LogP contribution in [0.4, 0.5) is 5.13 Å². The van der Waals surface area contributed by atoms with E-state index >= 15 is 0 Å². The van der Waals surface area contributed by atoms with Gasteiger partial charge in [-0.25, -0.2) is 4.98 Å². The van der Waals surface area contributed by atoms with Crippen LogP contribution in [0.5, 0.6) is 11.5 Å². The van der Waals surface area contributed by atoms with Gasteiger partial charge in [-0.15, -0.1) is 0 Å². The lowest BCUT2D eigenvalue weighted by Gasteiger charge is -2.24. The number of likely N-dealkylation sites (N-methyl/N-ethyl adjacent to an activating group) is 1. The van der Waals surface area contributed by atoms with Gasteiger partial charge in [0, 0.05) is 30.8 Å². The summed E-state index contributed by atoms with van der Waals surface area (Å²) in [7, 11) is 0. The highest BCUT2D eigenvalue weighted by Gasteiger charge is 2.23. The Kier molecular flexibility index (Phi) is 6.20. The van der Waals surface area contributed by atoms with Crippen LogP contribution in [0.25, 0.3) is 10.2 Å². The second-order valence-electron chi connectivity index (χ2n) is 7.31. The lowest BCUT2D eigenvalue weighted by molar-refractivity contribution is 0.0983. The highest BCUT2D eigenvalue weighted by Crippen LogP contribution is 2.39. The molecule has 0 fully saturated rings. The summed E-state index contributed by atoms with van der Waals surface area (Å²) in [5.74, 6) is 1.43. The van der Waals surface area contributed by atoms with Crippen molar-refractivity contribution < 1.29 is 14.3 Å². The molecule has 2 aromatic carbocycles. The largest absolute Gasteiger partial charge is 0.486 e. The molecule has 158 valence electrons. The van der Waals surface area contributed by atoms with E-state index in [1.807, 2.05) is 43.3 Å². The zero-order valence-corrected chi connectivity index (χ0v) is 18.5. The van der Waals surface area contributed by atoms with Crippen LogP contribution < -0.4 is 14.4 Å². The molecular weight excluding hydrogens is 398 g/mol. The van der Waals surface area contributed by atoms with Crippen molar-refractivity contribution in [1.82, 2.24) is 9.88 Å². The maximum Gasteiger partial charge on any atom is 0.260 e. The minimum absolute atomic E-state index is 0.0258. The molecule has 4 rings (SSSR count). The van der Waals surface area contributed by atoms with Crippen molar-refractivity contribution in [2.75, 3.05) is 44.3 Å². The minimum Gasteiger partial charge on any atom is -0.486 e. The number of rotatable bonds is 7. The molecule has 1 aliphatic heterocycles. The lowest BCUT2D eigenvalue weighted by Crippen LogP contribution is -2.38. The van der Waals surface area contributed by atoms with Crippen molar-refractivity contribution in [2.45, 2.75) is 20.8 Å². The van der Waals surface area contributed by atoms with E-state index in [1.165, 1.54) is 11.3 Å². The monoisotopic (exact) mass is 425 g/mol. The predicted octanol–water partition coefficient (Wildman–Crippen LogP) is 4.36. The Bertz CT molecular complexity index is 1000. The second kappa shape index (κ2) is 9.02.